The molecular weight excluding hydrogens is 234 g/mol. The minimum Gasteiger partial charge on any atom is -0.340 e. The highest BCUT2D eigenvalue weighted by Gasteiger charge is 2.26. The number of benzene rings is 1. The molecule has 0 saturated heterocycles. The van der Waals surface area contributed by atoms with Crippen LogP contribution in [-0.2, 0) is 5.54 Å². The van der Waals surface area contributed by atoms with Gasteiger partial charge in [-0.2, -0.15) is 0 Å². The number of nitrogens with one attached hydrogen (secondary N) is 1. The minimum absolute atomic E-state index is 0.349. The van der Waals surface area contributed by atoms with Crippen LogP contribution in [0.25, 0.3) is 11.3 Å². The van der Waals surface area contributed by atoms with Crippen molar-refractivity contribution in [2.24, 2.45) is 5.73 Å². The molecule has 0 atom stereocenters. The third-order valence-electron chi connectivity index (χ3n) is 4.13. The summed E-state index contributed by atoms with van der Waals surface area (Å²) >= 11 is 0. The van der Waals surface area contributed by atoms with Crippen LogP contribution < -0.4 is 5.73 Å². The summed E-state index contributed by atoms with van der Waals surface area (Å²) in [6.45, 7) is 8.45. The molecule has 0 unspecified atom stereocenters. The average molecular weight is 257 g/mol. The Hall–Kier alpha value is -1.61. The zero-order valence-electron chi connectivity index (χ0n) is 12.2. The van der Waals surface area contributed by atoms with Gasteiger partial charge in [0.25, 0.3) is 0 Å². The first-order chi connectivity index (χ1) is 9.00. The van der Waals surface area contributed by atoms with Gasteiger partial charge in [0.05, 0.1) is 17.4 Å². The maximum Gasteiger partial charge on any atom is 0.126 e. The Bertz CT molecular complexity index is 565. The van der Waals surface area contributed by atoms with E-state index in [0.717, 1.165) is 29.9 Å². The number of aromatic amines is 1. The molecule has 0 radical (unpaired) electrons. The number of nitrogens with zero attached hydrogens (tertiary/aromatic N) is 1. The number of H-pyrrole nitrogens is 1. The molecule has 0 saturated carbocycles. The van der Waals surface area contributed by atoms with Crippen LogP contribution in [-0.4, -0.2) is 9.97 Å². The SMILES string of the molecule is CCC(N)(CC)c1ncc(-c2ccc(C)c(C)c2)[nH]1. The molecule has 1 heterocycles. The van der Waals surface area contributed by atoms with Crippen molar-refractivity contribution >= 4 is 0 Å². The van der Waals surface area contributed by atoms with Crippen molar-refractivity contribution in [2.45, 2.75) is 46.1 Å². The Balaban J connectivity index is 2.38. The van der Waals surface area contributed by atoms with Gasteiger partial charge in [0.2, 0.25) is 0 Å². The van der Waals surface area contributed by atoms with Crippen molar-refractivity contribution in [3.63, 3.8) is 0 Å². The first-order valence-electron chi connectivity index (χ1n) is 6.92. The lowest BCUT2D eigenvalue weighted by Gasteiger charge is -2.23. The van der Waals surface area contributed by atoms with Crippen molar-refractivity contribution in [3.8, 4) is 11.3 Å². The number of hydrogen-bond acceptors (Lipinski definition) is 2. The van der Waals surface area contributed by atoms with Crippen LogP contribution in [0.15, 0.2) is 24.4 Å². The van der Waals surface area contributed by atoms with Crippen LogP contribution in [0.2, 0.25) is 0 Å². The van der Waals surface area contributed by atoms with E-state index >= 15 is 0 Å². The van der Waals surface area contributed by atoms with Gasteiger partial charge in [0.1, 0.15) is 5.82 Å². The van der Waals surface area contributed by atoms with Gasteiger partial charge in [-0.25, -0.2) is 4.98 Å². The molecule has 2 rings (SSSR count). The third kappa shape index (κ3) is 2.56. The largest absolute Gasteiger partial charge is 0.340 e. The molecule has 0 aliphatic rings. The van der Waals surface area contributed by atoms with Crippen LogP contribution in [0.3, 0.4) is 0 Å². The highest BCUT2D eigenvalue weighted by atomic mass is 15.0. The van der Waals surface area contributed by atoms with E-state index in [1.165, 1.54) is 11.1 Å². The van der Waals surface area contributed by atoms with Crippen molar-refractivity contribution in [1.29, 1.82) is 0 Å². The van der Waals surface area contributed by atoms with Crippen LogP contribution in [0.1, 0.15) is 43.6 Å². The monoisotopic (exact) mass is 257 g/mol. The molecular formula is C16H23N3. The molecule has 0 bridgehead atoms. The van der Waals surface area contributed by atoms with E-state index < -0.39 is 0 Å². The second-order valence-corrected chi connectivity index (χ2v) is 5.31. The fourth-order valence-electron chi connectivity index (χ4n) is 2.21. The van der Waals surface area contributed by atoms with Crippen molar-refractivity contribution < 1.29 is 0 Å². The molecule has 3 N–H and O–H groups in total. The lowest BCUT2D eigenvalue weighted by Crippen LogP contribution is -2.36. The zero-order valence-corrected chi connectivity index (χ0v) is 12.2. The number of hydrogen-bond donors (Lipinski definition) is 2. The quantitative estimate of drug-likeness (QED) is 0.878. The van der Waals surface area contributed by atoms with E-state index in [0.29, 0.717) is 0 Å². The van der Waals surface area contributed by atoms with Gasteiger partial charge >= 0.3 is 0 Å². The summed E-state index contributed by atoms with van der Waals surface area (Å²) in [7, 11) is 0. The molecule has 2 aromatic rings. The van der Waals surface area contributed by atoms with Gasteiger partial charge in [-0.15, -0.1) is 0 Å². The van der Waals surface area contributed by atoms with Crippen LogP contribution in [0.4, 0.5) is 0 Å². The lowest BCUT2D eigenvalue weighted by molar-refractivity contribution is 0.391. The van der Waals surface area contributed by atoms with Gasteiger partial charge in [0.15, 0.2) is 0 Å². The summed E-state index contributed by atoms with van der Waals surface area (Å²) in [6.07, 6.45) is 3.64. The van der Waals surface area contributed by atoms with E-state index in [4.69, 9.17) is 5.73 Å². The first kappa shape index (κ1) is 13.8. The Morgan fingerprint density at radius 3 is 2.42 bits per heavy atom. The summed E-state index contributed by atoms with van der Waals surface area (Å²) in [5.74, 6) is 0.880. The predicted octanol–water partition coefficient (Wildman–Crippen LogP) is 3.67. The Kier molecular flexibility index (Phi) is 3.76. The molecule has 1 aromatic carbocycles. The maximum absolute atomic E-state index is 6.37. The molecule has 1 aromatic heterocycles. The summed E-state index contributed by atoms with van der Waals surface area (Å²) < 4.78 is 0. The van der Waals surface area contributed by atoms with Gasteiger partial charge in [-0.1, -0.05) is 26.0 Å². The Morgan fingerprint density at radius 2 is 1.84 bits per heavy atom. The Labute approximate surface area is 115 Å². The second kappa shape index (κ2) is 5.17. The van der Waals surface area contributed by atoms with E-state index in [-0.39, 0.29) is 5.54 Å². The third-order valence-corrected chi connectivity index (χ3v) is 4.13. The van der Waals surface area contributed by atoms with Crippen molar-refractivity contribution in [2.75, 3.05) is 0 Å². The summed E-state index contributed by atoms with van der Waals surface area (Å²) in [6, 6.07) is 6.44. The van der Waals surface area contributed by atoms with E-state index in [2.05, 4.69) is 55.9 Å². The molecule has 0 aliphatic heterocycles. The predicted molar refractivity (Wildman–Crippen MR) is 79.9 cm³/mol. The molecule has 19 heavy (non-hydrogen) atoms. The van der Waals surface area contributed by atoms with Crippen molar-refractivity contribution in [3.05, 3.63) is 41.3 Å². The van der Waals surface area contributed by atoms with Gasteiger partial charge < -0.3 is 10.7 Å². The normalized spacial score (nSPS) is 11.8. The minimum atomic E-state index is -0.349. The fourth-order valence-corrected chi connectivity index (χ4v) is 2.21. The van der Waals surface area contributed by atoms with E-state index in [1.54, 1.807) is 0 Å². The molecule has 0 amide bonds. The number of rotatable bonds is 4. The molecule has 0 aliphatic carbocycles. The summed E-state index contributed by atoms with van der Waals surface area (Å²) in [5, 5.41) is 0. The molecule has 0 fully saturated rings. The van der Waals surface area contributed by atoms with E-state index in [9.17, 15) is 0 Å². The fraction of sp³-hybridized carbons (Fsp3) is 0.438. The van der Waals surface area contributed by atoms with Gasteiger partial charge in [0, 0.05) is 0 Å². The molecule has 102 valence electrons. The van der Waals surface area contributed by atoms with Crippen LogP contribution >= 0.6 is 0 Å². The average Bonchev–Trinajstić information content (AvgIpc) is 2.91. The second-order valence-electron chi connectivity index (χ2n) is 5.31. The molecule has 3 heteroatoms. The van der Waals surface area contributed by atoms with Gasteiger partial charge in [-0.3, -0.25) is 0 Å². The lowest BCUT2D eigenvalue weighted by atomic mass is 9.93. The highest BCUT2D eigenvalue weighted by molar-refractivity contribution is 5.60. The smallest absolute Gasteiger partial charge is 0.126 e. The summed E-state index contributed by atoms with van der Waals surface area (Å²) in [5.41, 5.74) is 10.8. The molecule has 0 spiro atoms. The molecule has 3 nitrogen and oxygen atoms in total. The van der Waals surface area contributed by atoms with Crippen LogP contribution in [0.5, 0.6) is 0 Å². The first-order valence-corrected chi connectivity index (χ1v) is 6.92. The standard InChI is InChI=1S/C16H23N3/c1-5-16(17,6-2)15-18-10-14(19-15)13-8-7-11(3)12(4)9-13/h7-10H,5-6,17H2,1-4H3,(H,18,19). The highest BCUT2D eigenvalue weighted by Crippen LogP contribution is 2.26. The number of aromatic nitrogens is 2. The number of imidazole rings is 1. The topological polar surface area (TPSA) is 54.7 Å². The van der Waals surface area contributed by atoms with E-state index in [1.807, 2.05) is 6.20 Å². The van der Waals surface area contributed by atoms with Crippen molar-refractivity contribution in [1.82, 2.24) is 9.97 Å². The van der Waals surface area contributed by atoms with Crippen LogP contribution in [0, 0.1) is 13.8 Å². The maximum atomic E-state index is 6.37. The van der Waals surface area contributed by atoms with Gasteiger partial charge in [-0.05, 0) is 49.4 Å². The zero-order chi connectivity index (χ0) is 14.0. The number of aryl methyl sites for hydroxylation is 2. The summed E-state index contributed by atoms with van der Waals surface area (Å²) in [4.78, 5) is 7.86. The Morgan fingerprint density at radius 1 is 1.16 bits per heavy atom. The number of nitrogens with two attached hydrogens (primary N) is 1.